The molecule has 2 aromatic heterocycles. The molecule has 0 radical (unpaired) electrons. The first-order valence-electron chi connectivity index (χ1n) is 6.71. The first-order chi connectivity index (χ1) is 10.5. The van der Waals surface area contributed by atoms with Crippen LogP contribution >= 0.6 is 34.5 Å². The third-order valence-corrected chi connectivity index (χ3v) is 4.97. The van der Waals surface area contributed by atoms with Gasteiger partial charge in [0.1, 0.15) is 0 Å². The van der Waals surface area contributed by atoms with Crippen molar-refractivity contribution in [2.75, 3.05) is 5.32 Å². The molecule has 3 aromatic rings. The molecule has 114 valence electrons. The number of hydrogen-bond donors (Lipinski definition) is 1. The molecule has 0 aliphatic heterocycles. The summed E-state index contributed by atoms with van der Waals surface area (Å²) in [5.74, 6) is 0. The molecule has 7 heteroatoms. The van der Waals surface area contributed by atoms with Gasteiger partial charge >= 0.3 is 0 Å². The normalized spacial score (nSPS) is 10.9. The van der Waals surface area contributed by atoms with Crippen LogP contribution in [0.15, 0.2) is 30.5 Å². The van der Waals surface area contributed by atoms with Crippen LogP contribution in [0.25, 0.3) is 5.69 Å². The van der Waals surface area contributed by atoms with Crippen molar-refractivity contribution in [2.24, 2.45) is 0 Å². The molecule has 0 aliphatic rings. The summed E-state index contributed by atoms with van der Waals surface area (Å²) in [5.41, 5.74) is 3.79. The largest absolute Gasteiger partial charge is 0.380 e. The van der Waals surface area contributed by atoms with Gasteiger partial charge in [0.05, 0.1) is 28.6 Å². The summed E-state index contributed by atoms with van der Waals surface area (Å²) in [6, 6.07) is 8.06. The van der Waals surface area contributed by atoms with Gasteiger partial charge in [0, 0.05) is 16.8 Å². The Kier molecular flexibility index (Phi) is 4.38. The monoisotopic (exact) mass is 352 g/mol. The molecule has 1 N–H and O–H groups in total. The minimum absolute atomic E-state index is 0.563. The lowest BCUT2D eigenvalue weighted by Gasteiger charge is -2.08. The fraction of sp³-hybridized carbons (Fsp3) is 0.200. The zero-order chi connectivity index (χ0) is 15.7. The van der Waals surface area contributed by atoms with Gasteiger partial charge in [-0.3, -0.25) is 0 Å². The number of nitrogens with one attached hydrogen (secondary N) is 1. The molecule has 1 aromatic carbocycles. The molecule has 0 spiro atoms. The van der Waals surface area contributed by atoms with Gasteiger partial charge in [0.2, 0.25) is 0 Å². The SMILES string of the molecule is Cc1nn(-c2ccc(NCc3cnc(Cl)s3)cc2)c(C)c1Cl. The highest BCUT2D eigenvalue weighted by Crippen LogP contribution is 2.23. The Morgan fingerprint density at radius 2 is 1.91 bits per heavy atom. The Hall–Kier alpha value is -1.56. The molecule has 0 bridgehead atoms. The number of nitrogens with zero attached hydrogens (tertiary/aromatic N) is 3. The molecular formula is C15H14Cl2N4S. The summed E-state index contributed by atoms with van der Waals surface area (Å²) in [5, 5.41) is 8.50. The molecule has 0 atom stereocenters. The predicted octanol–water partition coefficient (Wildman–Crippen LogP) is 4.86. The molecule has 22 heavy (non-hydrogen) atoms. The standard InChI is InChI=1S/C15H14Cl2N4S/c1-9-14(16)10(2)21(20-9)12-5-3-11(4-6-12)18-7-13-8-19-15(17)22-13/h3-6,8,18H,7H2,1-2H3. The number of aryl methyl sites for hydroxylation is 1. The minimum atomic E-state index is 0.563. The van der Waals surface area contributed by atoms with Crippen LogP contribution in [0, 0.1) is 13.8 Å². The zero-order valence-electron chi connectivity index (χ0n) is 12.1. The molecule has 4 nitrogen and oxygen atoms in total. The summed E-state index contributed by atoms with van der Waals surface area (Å²) < 4.78 is 2.42. The number of hydrogen-bond acceptors (Lipinski definition) is 4. The quantitative estimate of drug-likeness (QED) is 0.728. The van der Waals surface area contributed by atoms with Crippen molar-refractivity contribution in [3.63, 3.8) is 0 Å². The van der Waals surface area contributed by atoms with E-state index >= 15 is 0 Å². The van der Waals surface area contributed by atoms with E-state index in [0.29, 0.717) is 16.0 Å². The summed E-state index contributed by atoms with van der Waals surface area (Å²) in [4.78, 5) is 5.12. The number of rotatable bonds is 4. The fourth-order valence-electron chi connectivity index (χ4n) is 2.15. The zero-order valence-corrected chi connectivity index (χ0v) is 14.4. The molecule has 0 aliphatic carbocycles. The van der Waals surface area contributed by atoms with Crippen LogP contribution < -0.4 is 5.32 Å². The van der Waals surface area contributed by atoms with Crippen molar-refractivity contribution in [3.8, 4) is 5.69 Å². The number of benzene rings is 1. The van der Waals surface area contributed by atoms with E-state index in [4.69, 9.17) is 23.2 Å². The Bertz CT molecular complexity index is 792. The van der Waals surface area contributed by atoms with Crippen molar-refractivity contribution in [1.82, 2.24) is 14.8 Å². The molecule has 0 unspecified atom stereocenters. The van der Waals surface area contributed by atoms with Gasteiger partial charge < -0.3 is 5.32 Å². The number of anilines is 1. The van der Waals surface area contributed by atoms with E-state index in [9.17, 15) is 0 Å². The van der Waals surface area contributed by atoms with E-state index in [0.717, 1.165) is 27.6 Å². The molecule has 0 amide bonds. The highest BCUT2D eigenvalue weighted by Gasteiger charge is 2.10. The van der Waals surface area contributed by atoms with Crippen LogP contribution in [-0.2, 0) is 6.54 Å². The Labute approximate surface area is 142 Å². The van der Waals surface area contributed by atoms with E-state index in [1.54, 1.807) is 6.20 Å². The van der Waals surface area contributed by atoms with E-state index in [1.807, 2.05) is 42.8 Å². The van der Waals surface area contributed by atoms with Crippen molar-refractivity contribution < 1.29 is 0 Å². The van der Waals surface area contributed by atoms with E-state index in [-0.39, 0.29) is 0 Å². The van der Waals surface area contributed by atoms with Crippen LogP contribution in [-0.4, -0.2) is 14.8 Å². The van der Waals surface area contributed by atoms with Crippen molar-refractivity contribution in [3.05, 3.63) is 56.2 Å². The molecule has 3 rings (SSSR count). The minimum Gasteiger partial charge on any atom is -0.380 e. The Morgan fingerprint density at radius 3 is 2.45 bits per heavy atom. The fourth-order valence-corrected chi connectivity index (χ4v) is 3.19. The van der Waals surface area contributed by atoms with E-state index < -0.39 is 0 Å². The van der Waals surface area contributed by atoms with Crippen molar-refractivity contribution >= 4 is 40.2 Å². The van der Waals surface area contributed by atoms with Crippen molar-refractivity contribution in [1.29, 1.82) is 0 Å². The molecule has 0 fully saturated rings. The maximum atomic E-state index is 6.19. The maximum Gasteiger partial charge on any atom is 0.183 e. The van der Waals surface area contributed by atoms with Crippen molar-refractivity contribution in [2.45, 2.75) is 20.4 Å². The average molecular weight is 353 g/mol. The number of aromatic nitrogens is 3. The summed E-state index contributed by atoms with van der Waals surface area (Å²) in [6.45, 7) is 4.57. The second kappa shape index (κ2) is 6.28. The highest BCUT2D eigenvalue weighted by atomic mass is 35.5. The number of halogens is 2. The van der Waals surface area contributed by atoms with Crippen LogP contribution in [0.2, 0.25) is 9.49 Å². The third-order valence-electron chi connectivity index (χ3n) is 3.31. The topological polar surface area (TPSA) is 42.7 Å². The first kappa shape index (κ1) is 15.3. The van der Waals surface area contributed by atoms with Gasteiger partial charge in [-0.15, -0.1) is 11.3 Å². The molecule has 2 heterocycles. The molecule has 0 saturated carbocycles. The van der Waals surface area contributed by atoms with Gasteiger partial charge in [-0.1, -0.05) is 23.2 Å². The van der Waals surface area contributed by atoms with Gasteiger partial charge in [-0.05, 0) is 38.1 Å². The summed E-state index contributed by atoms with van der Waals surface area (Å²) >= 11 is 13.5. The van der Waals surface area contributed by atoms with E-state index in [1.165, 1.54) is 11.3 Å². The third kappa shape index (κ3) is 3.11. The molecule has 0 saturated heterocycles. The van der Waals surface area contributed by atoms with Gasteiger partial charge in [0.25, 0.3) is 0 Å². The number of thiazole rings is 1. The highest BCUT2D eigenvalue weighted by molar-refractivity contribution is 7.15. The second-order valence-electron chi connectivity index (χ2n) is 4.88. The summed E-state index contributed by atoms with van der Waals surface area (Å²) in [6.07, 6.45) is 1.78. The van der Waals surface area contributed by atoms with Crippen LogP contribution in [0.1, 0.15) is 16.3 Å². The predicted molar refractivity (Wildman–Crippen MR) is 92.5 cm³/mol. The second-order valence-corrected chi connectivity index (χ2v) is 6.95. The lowest BCUT2D eigenvalue weighted by atomic mass is 10.2. The van der Waals surface area contributed by atoms with Gasteiger partial charge in [-0.25, -0.2) is 9.67 Å². The van der Waals surface area contributed by atoms with Gasteiger partial charge in [-0.2, -0.15) is 5.10 Å². The first-order valence-corrected chi connectivity index (χ1v) is 8.28. The summed E-state index contributed by atoms with van der Waals surface area (Å²) in [7, 11) is 0. The van der Waals surface area contributed by atoms with Gasteiger partial charge in [0.15, 0.2) is 4.47 Å². The Balaban J connectivity index is 1.73. The maximum absolute atomic E-state index is 6.19. The smallest absolute Gasteiger partial charge is 0.183 e. The van der Waals surface area contributed by atoms with Crippen LogP contribution in [0.5, 0.6) is 0 Å². The lowest BCUT2D eigenvalue weighted by molar-refractivity contribution is 0.833. The van der Waals surface area contributed by atoms with E-state index in [2.05, 4.69) is 15.4 Å². The lowest BCUT2D eigenvalue weighted by Crippen LogP contribution is -2.01. The molecular weight excluding hydrogens is 339 g/mol. The van der Waals surface area contributed by atoms with Crippen LogP contribution in [0.3, 0.4) is 0 Å². The van der Waals surface area contributed by atoms with Crippen LogP contribution in [0.4, 0.5) is 5.69 Å². The average Bonchev–Trinajstić information content (AvgIpc) is 3.05. The Morgan fingerprint density at radius 1 is 1.18 bits per heavy atom.